The van der Waals surface area contributed by atoms with Crippen LogP contribution in [0.15, 0.2) is 45.9 Å². The monoisotopic (exact) mass is 406 g/mol. The van der Waals surface area contributed by atoms with Crippen molar-refractivity contribution in [3.63, 3.8) is 0 Å². The quantitative estimate of drug-likeness (QED) is 0.718. The summed E-state index contributed by atoms with van der Waals surface area (Å²) in [6.45, 7) is 0. The van der Waals surface area contributed by atoms with Gasteiger partial charge in [0.25, 0.3) is 0 Å². The molecule has 0 spiro atoms. The van der Waals surface area contributed by atoms with E-state index < -0.39 is 0 Å². The molecule has 2 aromatic rings. The molecule has 0 radical (unpaired) electrons. The molecule has 0 unspecified atom stereocenters. The van der Waals surface area contributed by atoms with Crippen molar-refractivity contribution in [3.8, 4) is 0 Å². The summed E-state index contributed by atoms with van der Waals surface area (Å²) in [7, 11) is 0. The number of carbonyl (C=O) groups excluding carboxylic acids is 2. The Morgan fingerprint density at radius 3 is 2.46 bits per heavy atom. The van der Waals surface area contributed by atoms with Crippen LogP contribution < -0.4 is 10.6 Å². The van der Waals surface area contributed by atoms with Crippen molar-refractivity contribution in [2.75, 3.05) is 16.4 Å². The molecule has 1 aromatic carbocycles. The topological polar surface area (TPSA) is 84.0 Å². The number of aromatic nitrogens is 2. The minimum absolute atomic E-state index is 0.00132. The van der Waals surface area contributed by atoms with Gasteiger partial charge in [-0.15, -0.1) is 10.2 Å². The van der Waals surface area contributed by atoms with E-state index in [0.29, 0.717) is 10.8 Å². The maximum Gasteiger partial charge on any atom is 0.234 e. The number of nitrogens with zero attached hydrogens (tertiary/aromatic N) is 2. The van der Waals surface area contributed by atoms with Crippen LogP contribution in [0.4, 0.5) is 11.5 Å². The zero-order valence-electron chi connectivity index (χ0n) is 12.7. The van der Waals surface area contributed by atoms with Gasteiger partial charge in [-0.05, 0) is 49.2 Å². The van der Waals surface area contributed by atoms with Crippen molar-refractivity contribution in [2.24, 2.45) is 5.92 Å². The van der Waals surface area contributed by atoms with Gasteiger partial charge in [-0.2, -0.15) is 0 Å². The van der Waals surface area contributed by atoms with Gasteiger partial charge in [-0.3, -0.25) is 9.59 Å². The van der Waals surface area contributed by atoms with E-state index in [4.69, 9.17) is 0 Å². The summed E-state index contributed by atoms with van der Waals surface area (Å²) in [5.41, 5.74) is 0.744. The Morgan fingerprint density at radius 2 is 1.83 bits per heavy atom. The lowest BCUT2D eigenvalue weighted by atomic mass is 10.3. The second-order valence-corrected chi connectivity index (χ2v) is 7.28. The number of anilines is 2. The Hall–Kier alpha value is -1.93. The Balaban J connectivity index is 1.46. The normalized spacial score (nSPS) is 13.4. The first-order chi connectivity index (χ1) is 11.6. The molecule has 2 amide bonds. The number of rotatable bonds is 6. The molecule has 124 valence electrons. The molecule has 1 fully saturated rings. The minimum Gasteiger partial charge on any atom is -0.325 e. The Kier molecular flexibility index (Phi) is 5.47. The number of benzene rings is 1. The van der Waals surface area contributed by atoms with Crippen LogP contribution in [0.1, 0.15) is 12.8 Å². The summed E-state index contributed by atoms with van der Waals surface area (Å²) >= 11 is 4.64. The highest BCUT2D eigenvalue weighted by atomic mass is 79.9. The predicted octanol–water partition coefficient (Wildman–Crippen LogP) is 3.32. The van der Waals surface area contributed by atoms with Gasteiger partial charge in [-0.25, -0.2) is 0 Å². The van der Waals surface area contributed by atoms with E-state index >= 15 is 0 Å². The van der Waals surface area contributed by atoms with E-state index in [2.05, 4.69) is 36.8 Å². The summed E-state index contributed by atoms with van der Waals surface area (Å²) in [5, 5.41) is 14.1. The Morgan fingerprint density at radius 1 is 1.08 bits per heavy atom. The van der Waals surface area contributed by atoms with Gasteiger partial charge in [0.05, 0.1) is 5.75 Å². The fourth-order valence-electron chi connectivity index (χ4n) is 1.91. The molecule has 1 aliphatic rings. The molecule has 1 heterocycles. The summed E-state index contributed by atoms with van der Waals surface area (Å²) in [6.07, 6.45) is 1.89. The fourth-order valence-corrected chi connectivity index (χ4v) is 2.79. The van der Waals surface area contributed by atoms with E-state index in [1.54, 1.807) is 12.1 Å². The fraction of sp³-hybridized carbons (Fsp3) is 0.250. The van der Waals surface area contributed by atoms with Crippen molar-refractivity contribution >= 4 is 51.0 Å². The second-order valence-electron chi connectivity index (χ2n) is 5.36. The highest BCUT2D eigenvalue weighted by Gasteiger charge is 2.29. The number of halogens is 1. The molecule has 0 bridgehead atoms. The maximum absolute atomic E-state index is 11.9. The van der Waals surface area contributed by atoms with E-state index in [0.717, 1.165) is 23.0 Å². The smallest absolute Gasteiger partial charge is 0.234 e. The molecule has 0 atom stereocenters. The van der Waals surface area contributed by atoms with Gasteiger partial charge >= 0.3 is 0 Å². The summed E-state index contributed by atoms with van der Waals surface area (Å²) in [4.78, 5) is 23.5. The molecule has 0 aliphatic heterocycles. The first-order valence-electron chi connectivity index (χ1n) is 7.43. The lowest BCUT2D eigenvalue weighted by molar-refractivity contribution is -0.117. The van der Waals surface area contributed by atoms with Crippen molar-refractivity contribution in [2.45, 2.75) is 17.9 Å². The van der Waals surface area contributed by atoms with Crippen LogP contribution >= 0.6 is 27.7 Å². The zero-order chi connectivity index (χ0) is 16.9. The van der Waals surface area contributed by atoms with Gasteiger partial charge in [0.2, 0.25) is 11.8 Å². The van der Waals surface area contributed by atoms with Gasteiger partial charge in [0.1, 0.15) is 5.03 Å². The number of hydrogen-bond acceptors (Lipinski definition) is 5. The molecule has 2 N–H and O–H groups in total. The molecule has 1 aliphatic carbocycles. The SMILES string of the molecule is O=C(CSc1ccc(NC(=O)C2CC2)nn1)Nc1ccc(Br)cc1. The molecule has 24 heavy (non-hydrogen) atoms. The van der Waals surface area contributed by atoms with Crippen LogP contribution in [0.5, 0.6) is 0 Å². The molecule has 3 rings (SSSR count). The highest BCUT2D eigenvalue weighted by molar-refractivity contribution is 9.10. The molecular weight excluding hydrogens is 392 g/mol. The molecule has 8 heteroatoms. The minimum atomic E-state index is -0.116. The van der Waals surface area contributed by atoms with Crippen molar-refractivity contribution in [1.29, 1.82) is 0 Å². The van der Waals surface area contributed by atoms with Crippen LogP contribution in [0, 0.1) is 5.92 Å². The molecular formula is C16H15BrN4O2S. The van der Waals surface area contributed by atoms with Crippen LogP contribution in [0.25, 0.3) is 0 Å². The summed E-state index contributed by atoms with van der Waals surface area (Å²) in [6, 6.07) is 10.8. The van der Waals surface area contributed by atoms with Crippen LogP contribution in [0.2, 0.25) is 0 Å². The van der Waals surface area contributed by atoms with Crippen LogP contribution in [0.3, 0.4) is 0 Å². The third kappa shape index (κ3) is 5.04. The summed E-state index contributed by atoms with van der Waals surface area (Å²) in [5.74, 6) is 0.686. The van der Waals surface area contributed by atoms with Gasteiger partial charge in [0, 0.05) is 16.1 Å². The molecule has 0 saturated heterocycles. The van der Waals surface area contributed by atoms with Crippen LogP contribution in [-0.4, -0.2) is 27.8 Å². The third-order valence-corrected chi connectivity index (χ3v) is 4.77. The number of nitrogens with one attached hydrogen (secondary N) is 2. The van der Waals surface area contributed by atoms with E-state index in [9.17, 15) is 9.59 Å². The standard InChI is InChI=1S/C16H15BrN4O2S/c17-11-3-5-12(6-4-11)18-14(22)9-24-15-8-7-13(20-21-15)19-16(23)10-1-2-10/h3-8,10H,1-2,9H2,(H,18,22)(H,19,20,23). The molecule has 6 nitrogen and oxygen atoms in total. The zero-order valence-corrected chi connectivity index (χ0v) is 15.1. The van der Waals surface area contributed by atoms with E-state index in [1.807, 2.05) is 24.3 Å². The van der Waals surface area contributed by atoms with Crippen molar-refractivity contribution < 1.29 is 9.59 Å². The highest BCUT2D eigenvalue weighted by Crippen LogP contribution is 2.30. The first-order valence-corrected chi connectivity index (χ1v) is 9.21. The average Bonchev–Trinajstić information content (AvgIpc) is 3.41. The lowest BCUT2D eigenvalue weighted by Gasteiger charge is -2.05. The largest absolute Gasteiger partial charge is 0.325 e. The average molecular weight is 407 g/mol. The lowest BCUT2D eigenvalue weighted by Crippen LogP contribution is -2.15. The third-order valence-electron chi connectivity index (χ3n) is 3.32. The number of carbonyl (C=O) groups is 2. The van der Waals surface area contributed by atoms with E-state index in [1.165, 1.54) is 11.8 Å². The second kappa shape index (κ2) is 7.76. The first kappa shape index (κ1) is 16.9. The van der Waals surface area contributed by atoms with Gasteiger partial charge in [0.15, 0.2) is 5.82 Å². The number of hydrogen-bond donors (Lipinski definition) is 2. The summed E-state index contributed by atoms with van der Waals surface area (Å²) < 4.78 is 0.957. The van der Waals surface area contributed by atoms with Crippen molar-refractivity contribution in [1.82, 2.24) is 10.2 Å². The molecule has 1 saturated carbocycles. The van der Waals surface area contributed by atoms with Crippen molar-refractivity contribution in [3.05, 3.63) is 40.9 Å². The van der Waals surface area contributed by atoms with E-state index in [-0.39, 0.29) is 23.5 Å². The van der Waals surface area contributed by atoms with Crippen LogP contribution in [-0.2, 0) is 9.59 Å². The number of thioether (sulfide) groups is 1. The predicted molar refractivity (Wildman–Crippen MR) is 96.9 cm³/mol. The van der Waals surface area contributed by atoms with Gasteiger partial charge < -0.3 is 10.6 Å². The Bertz CT molecular complexity index is 733. The Labute approximate surface area is 151 Å². The van der Waals surface area contributed by atoms with Gasteiger partial charge in [-0.1, -0.05) is 27.7 Å². The maximum atomic E-state index is 11.9. The molecule has 1 aromatic heterocycles. The number of amides is 2.